The molecule has 0 unspecified atom stereocenters. The number of carboxylic acid groups (broad SMARTS) is 1. The van der Waals surface area contributed by atoms with Gasteiger partial charge in [0.15, 0.2) is 11.4 Å². The minimum Gasteiger partial charge on any atom is -0.476 e. The maximum atomic E-state index is 12.4. The van der Waals surface area contributed by atoms with Crippen molar-refractivity contribution in [2.24, 2.45) is 0 Å². The third kappa shape index (κ3) is 9.43. The van der Waals surface area contributed by atoms with Gasteiger partial charge in [-0.3, -0.25) is 9.97 Å². The Kier molecular flexibility index (Phi) is 11.5. The van der Waals surface area contributed by atoms with Crippen molar-refractivity contribution in [1.82, 2.24) is 19.9 Å². The molecule has 0 radical (unpaired) electrons. The molecule has 0 amide bonds. The topological polar surface area (TPSA) is 115 Å². The number of hydrogen-bond donors (Lipinski definition) is 1. The predicted octanol–water partition coefficient (Wildman–Crippen LogP) is 10.9. The zero-order chi connectivity index (χ0) is 36.0. The van der Waals surface area contributed by atoms with Crippen LogP contribution in [0.5, 0.6) is 0 Å². The molecule has 6 rings (SSSR count). The van der Waals surface area contributed by atoms with Crippen molar-refractivity contribution in [3.63, 3.8) is 0 Å². The Bertz CT molecular complexity index is 2140. The van der Waals surface area contributed by atoms with E-state index < -0.39 is 17.5 Å². The van der Waals surface area contributed by atoms with Gasteiger partial charge in [0.05, 0.1) is 35.2 Å². The van der Waals surface area contributed by atoms with E-state index in [2.05, 4.69) is 19.9 Å². The molecule has 252 valence electrons. The predicted molar refractivity (Wildman–Crippen MR) is 198 cm³/mol. The highest BCUT2D eigenvalue weighted by atomic mass is 35.5. The Balaban J connectivity index is 0.000000197. The lowest BCUT2D eigenvalue weighted by Crippen LogP contribution is -2.24. The van der Waals surface area contributed by atoms with Gasteiger partial charge in [-0.25, -0.2) is 19.6 Å². The molecule has 0 aliphatic heterocycles. The molecule has 6 aromatic rings. The first-order valence-corrected chi connectivity index (χ1v) is 16.5. The molecule has 1 N–H and O–H groups in total. The first-order valence-electron chi connectivity index (χ1n) is 15.0. The van der Waals surface area contributed by atoms with E-state index in [1.807, 2.05) is 36.4 Å². The van der Waals surface area contributed by atoms with Crippen LogP contribution in [0.15, 0.2) is 109 Å². The SMILES string of the molecule is CC(C)(C)OC(=O)c1cnc(-c2ccc(Cl)cc2)c(-c2ccc(Cl)cc2)n1.O=C(O)c1cnc(-c2ccc(Cl)cc2)c(-c2ccc(Cl)cc2)n1. The van der Waals surface area contributed by atoms with Gasteiger partial charge in [-0.1, -0.05) is 94.9 Å². The van der Waals surface area contributed by atoms with Crippen LogP contribution in [0.25, 0.3) is 45.0 Å². The molecule has 12 heteroatoms. The maximum absolute atomic E-state index is 12.4. The molecule has 0 spiro atoms. The first-order chi connectivity index (χ1) is 23.8. The van der Waals surface area contributed by atoms with Gasteiger partial charge in [0.1, 0.15) is 5.60 Å². The van der Waals surface area contributed by atoms with Gasteiger partial charge in [0.2, 0.25) is 0 Å². The Hall–Kier alpha value is -4.86. The monoisotopic (exact) mass is 744 g/mol. The van der Waals surface area contributed by atoms with Crippen LogP contribution in [-0.2, 0) is 4.74 Å². The fraction of sp³-hybridized carbons (Fsp3) is 0.105. The molecule has 50 heavy (non-hydrogen) atoms. The summed E-state index contributed by atoms with van der Waals surface area (Å²) in [4.78, 5) is 41.2. The third-order valence-electron chi connectivity index (χ3n) is 6.84. The summed E-state index contributed by atoms with van der Waals surface area (Å²) < 4.78 is 5.42. The number of halogens is 4. The molecule has 0 aliphatic carbocycles. The van der Waals surface area contributed by atoms with Crippen LogP contribution in [-0.4, -0.2) is 42.6 Å². The lowest BCUT2D eigenvalue weighted by Gasteiger charge is -2.19. The molecule has 0 atom stereocenters. The number of hydrogen-bond acceptors (Lipinski definition) is 7. The van der Waals surface area contributed by atoms with E-state index in [4.69, 9.17) is 56.2 Å². The van der Waals surface area contributed by atoms with E-state index in [9.17, 15) is 9.59 Å². The summed E-state index contributed by atoms with van der Waals surface area (Å²) in [7, 11) is 0. The zero-order valence-electron chi connectivity index (χ0n) is 26.9. The lowest BCUT2D eigenvalue weighted by atomic mass is 10.0. The van der Waals surface area contributed by atoms with E-state index in [1.54, 1.807) is 81.4 Å². The number of carbonyl (C=O) groups is 2. The number of nitrogens with zero attached hydrogens (tertiary/aromatic N) is 4. The van der Waals surface area contributed by atoms with Crippen LogP contribution in [0, 0.1) is 0 Å². The minimum atomic E-state index is -1.13. The number of carboxylic acids is 1. The van der Waals surface area contributed by atoms with Crippen LogP contribution in [0.3, 0.4) is 0 Å². The average molecular weight is 746 g/mol. The molecule has 0 saturated carbocycles. The smallest absolute Gasteiger partial charge is 0.359 e. The summed E-state index contributed by atoms with van der Waals surface area (Å²) in [6.45, 7) is 5.42. The Morgan fingerprint density at radius 1 is 0.520 bits per heavy atom. The van der Waals surface area contributed by atoms with Gasteiger partial charge in [0, 0.05) is 42.3 Å². The molecule has 8 nitrogen and oxygen atoms in total. The van der Waals surface area contributed by atoms with Crippen molar-refractivity contribution in [1.29, 1.82) is 0 Å². The van der Waals surface area contributed by atoms with Gasteiger partial charge in [0.25, 0.3) is 0 Å². The van der Waals surface area contributed by atoms with Gasteiger partial charge in [-0.15, -0.1) is 0 Å². The molecule has 0 saturated heterocycles. The Morgan fingerprint density at radius 3 is 1.14 bits per heavy atom. The lowest BCUT2D eigenvalue weighted by molar-refractivity contribution is 0.00622. The van der Waals surface area contributed by atoms with Crippen molar-refractivity contribution >= 4 is 58.3 Å². The van der Waals surface area contributed by atoms with Crippen molar-refractivity contribution in [3.8, 4) is 45.0 Å². The van der Waals surface area contributed by atoms with E-state index in [-0.39, 0.29) is 11.4 Å². The van der Waals surface area contributed by atoms with Crippen LogP contribution in [0.2, 0.25) is 20.1 Å². The van der Waals surface area contributed by atoms with Gasteiger partial charge >= 0.3 is 11.9 Å². The van der Waals surface area contributed by atoms with E-state index >= 15 is 0 Å². The van der Waals surface area contributed by atoms with E-state index in [1.165, 1.54) is 12.4 Å². The van der Waals surface area contributed by atoms with E-state index in [0.717, 1.165) is 22.3 Å². The number of carbonyl (C=O) groups excluding carboxylic acids is 1. The van der Waals surface area contributed by atoms with Crippen LogP contribution in [0.1, 0.15) is 41.7 Å². The summed E-state index contributed by atoms with van der Waals surface area (Å²) in [5.74, 6) is -1.65. The summed E-state index contributed by atoms with van der Waals surface area (Å²) in [5, 5.41) is 11.6. The van der Waals surface area contributed by atoms with Crippen molar-refractivity contribution in [3.05, 3.63) is 141 Å². The van der Waals surface area contributed by atoms with E-state index in [0.29, 0.717) is 42.9 Å². The third-order valence-corrected chi connectivity index (χ3v) is 7.85. The molecule has 4 aromatic carbocycles. The number of aromatic carboxylic acids is 1. The summed E-state index contributed by atoms with van der Waals surface area (Å²) in [6, 6.07) is 28.6. The highest BCUT2D eigenvalue weighted by Gasteiger charge is 2.22. The molecular formula is C38H28Cl4N4O4. The molecule has 2 aromatic heterocycles. The highest BCUT2D eigenvalue weighted by Crippen LogP contribution is 2.32. The molecule has 2 heterocycles. The minimum absolute atomic E-state index is 0.118. The second-order valence-corrected chi connectivity index (χ2v) is 13.5. The number of ether oxygens (including phenoxy) is 1. The van der Waals surface area contributed by atoms with Gasteiger partial charge < -0.3 is 9.84 Å². The van der Waals surface area contributed by atoms with Crippen molar-refractivity contribution in [2.75, 3.05) is 0 Å². The molecule has 0 fully saturated rings. The molecular weight excluding hydrogens is 718 g/mol. The van der Waals surface area contributed by atoms with Crippen LogP contribution >= 0.6 is 46.4 Å². The fourth-order valence-electron chi connectivity index (χ4n) is 4.57. The normalized spacial score (nSPS) is 10.9. The number of rotatable bonds is 6. The maximum Gasteiger partial charge on any atom is 0.359 e. The summed E-state index contributed by atoms with van der Waals surface area (Å²) >= 11 is 23.8. The standard InChI is InChI=1S/C21H18Cl2N2O2.C17H10Cl2N2O2/c1-21(2,3)27-20(26)17-12-24-18(13-4-8-15(22)9-5-13)19(25-17)14-6-10-16(23)11-7-14;18-12-5-1-10(2-6-12)15-16(11-3-7-13(19)8-4-11)21-14(9-20-15)17(22)23/h4-12H,1-3H3;1-9H,(H,22,23). The Morgan fingerprint density at radius 2 is 0.820 bits per heavy atom. The number of aromatic nitrogens is 4. The summed E-state index contributed by atoms with van der Waals surface area (Å²) in [5.41, 5.74) is 4.83. The number of benzene rings is 4. The van der Waals surface area contributed by atoms with Crippen LogP contribution in [0.4, 0.5) is 0 Å². The Labute approximate surface area is 308 Å². The largest absolute Gasteiger partial charge is 0.476 e. The number of esters is 1. The highest BCUT2D eigenvalue weighted by molar-refractivity contribution is 6.31. The summed E-state index contributed by atoms with van der Waals surface area (Å²) in [6.07, 6.45) is 2.67. The fourth-order valence-corrected chi connectivity index (χ4v) is 5.07. The van der Waals surface area contributed by atoms with Gasteiger partial charge in [-0.2, -0.15) is 0 Å². The van der Waals surface area contributed by atoms with Crippen molar-refractivity contribution < 1.29 is 19.4 Å². The molecule has 0 bridgehead atoms. The van der Waals surface area contributed by atoms with Gasteiger partial charge in [-0.05, 0) is 69.3 Å². The quantitative estimate of drug-likeness (QED) is 0.168. The second kappa shape index (κ2) is 15.8. The molecule has 0 aliphatic rings. The van der Waals surface area contributed by atoms with Crippen LogP contribution < -0.4 is 0 Å². The average Bonchev–Trinajstić information content (AvgIpc) is 3.09. The second-order valence-electron chi connectivity index (χ2n) is 11.7. The van der Waals surface area contributed by atoms with Crippen molar-refractivity contribution in [2.45, 2.75) is 26.4 Å². The zero-order valence-corrected chi connectivity index (χ0v) is 29.9. The first kappa shape index (κ1) is 36.4.